The normalized spacial score (nSPS) is 11.7. The first-order chi connectivity index (χ1) is 12.7. The maximum absolute atomic E-state index is 11.0. The van der Waals surface area contributed by atoms with Gasteiger partial charge in [-0.2, -0.15) is 0 Å². The lowest BCUT2D eigenvalue weighted by Crippen LogP contribution is -2.39. The van der Waals surface area contributed by atoms with Crippen LogP contribution in [-0.2, 0) is 4.74 Å². The number of aliphatic hydroxyl groups is 1. The Balaban J connectivity index is 2.11. The third-order valence-corrected chi connectivity index (χ3v) is 3.31. The Hall–Kier alpha value is -2.03. The van der Waals surface area contributed by atoms with Gasteiger partial charge in [-0.15, -0.1) is 0 Å². The molecular formula is C18H31N3O5. The second-order valence-corrected chi connectivity index (χ2v) is 5.61. The Morgan fingerprint density at radius 1 is 1.08 bits per heavy atom. The number of urea groups is 1. The third kappa shape index (κ3) is 10.8. The number of hydrogen-bond acceptors (Lipinski definition) is 6. The summed E-state index contributed by atoms with van der Waals surface area (Å²) in [6.07, 6.45) is 0.363. The molecule has 1 atom stereocenters. The lowest BCUT2D eigenvalue weighted by molar-refractivity contribution is 0.100. The van der Waals surface area contributed by atoms with Gasteiger partial charge in [-0.25, -0.2) is 4.79 Å². The SMILES string of the molecule is CCCOCCOc1ccc(OCC(O)CNCCNC(=O)NC)cc1. The van der Waals surface area contributed by atoms with E-state index in [2.05, 4.69) is 22.9 Å². The quantitative estimate of drug-likeness (QED) is 0.361. The van der Waals surface area contributed by atoms with E-state index in [4.69, 9.17) is 14.2 Å². The molecule has 2 amide bonds. The van der Waals surface area contributed by atoms with Crippen LogP contribution in [0.25, 0.3) is 0 Å². The Kier molecular flexibility index (Phi) is 12.0. The lowest BCUT2D eigenvalue weighted by Gasteiger charge is -2.14. The van der Waals surface area contributed by atoms with Gasteiger partial charge < -0.3 is 35.3 Å². The van der Waals surface area contributed by atoms with Crippen molar-refractivity contribution >= 4 is 6.03 Å². The average Bonchev–Trinajstić information content (AvgIpc) is 2.66. The van der Waals surface area contributed by atoms with Crippen LogP contribution in [0, 0.1) is 0 Å². The fourth-order valence-corrected chi connectivity index (χ4v) is 1.97. The highest BCUT2D eigenvalue weighted by atomic mass is 16.5. The minimum atomic E-state index is -0.637. The zero-order valence-electron chi connectivity index (χ0n) is 15.6. The minimum absolute atomic E-state index is 0.181. The second kappa shape index (κ2) is 14.2. The molecule has 0 saturated heterocycles. The van der Waals surface area contributed by atoms with Crippen molar-refractivity contribution in [2.45, 2.75) is 19.4 Å². The first kappa shape index (κ1) is 22.0. The van der Waals surface area contributed by atoms with Crippen LogP contribution in [0.15, 0.2) is 24.3 Å². The molecule has 8 nitrogen and oxygen atoms in total. The maximum Gasteiger partial charge on any atom is 0.314 e. The topological polar surface area (TPSA) is 101 Å². The molecule has 1 unspecified atom stereocenters. The Labute approximate surface area is 155 Å². The molecule has 1 rings (SSSR count). The van der Waals surface area contributed by atoms with Crippen molar-refractivity contribution in [2.75, 3.05) is 53.1 Å². The highest BCUT2D eigenvalue weighted by molar-refractivity contribution is 5.73. The summed E-state index contributed by atoms with van der Waals surface area (Å²) in [5.74, 6) is 1.42. The largest absolute Gasteiger partial charge is 0.491 e. The van der Waals surface area contributed by atoms with Crippen LogP contribution in [0.5, 0.6) is 11.5 Å². The predicted molar refractivity (Wildman–Crippen MR) is 99.9 cm³/mol. The Morgan fingerprint density at radius 2 is 1.77 bits per heavy atom. The smallest absolute Gasteiger partial charge is 0.314 e. The lowest BCUT2D eigenvalue weighted by atomic mass is 10.3. The highest BCUT2D eigenvalue weighted by Crippen LogP contribution is 2.17. The zero-order valence-corrected chi connectivity index (χ0v) is 15.6. The van der Waals surface area contributed by atoms with Crippen molar-refractivity contribution in [2.24, 2.45) is 0 Å². The molecular weight excluding hydrogens is 338 g/mol. The standard InChI is InChI=1S/C18H31N3O5/c1-3-10-24-11-12-25-16-4-6-17(7-5-16)26-14-15(22)13-20-8-9-21-18(23)19-2/h4-7,15,20,22H,3,8-14H2,1-2H3,(H2,19,21,23). The van der Waals surface area contributed by atoms with Gasteiger partial charge in [-0.05, 0) is 30.7 Å². The number of ether oxygens (including phenoxy) is 3. The number of hydrogen-bond donors (Lipinski definition) is 4. The molecule has 0 radical (unpaired) electrons. The van der Waals surface area contributed by atoms with Gasteiger partial charge in [0.15, 0.2) is 0 Å². The Bertz CT molecular complexity index is 484. The van der Waals surface area contributed by atoms with Crippen LogP contribution in [-0.4, -0.2) is 70.4 Å². The summed E-state index contributed by atoms with van der Waals surface area (Å²) in [5.41, 5.74) is 0. The first-order valence-electron chi connectivity index (χ1n) is 8.93. The number of amides is 2. The molecule has 1 aromatic rings. The zero-order chi connectivity index (χ0) is 19.0. The van der Waals surface area contributed by atoms with Gasteiger partial charge in [-0.3, -0.25) is 0 Å². The van der Waals surface area contributed by atoms with E-state index in [0.29, 0.717) is 38.6 Å². The number of aliphatic hydroxyl groups excluding tert-OH is 1. The monoisotopic (exact) mass is 369 g/mol. The molecule has 0 aromatic heterocycles. The number of rotatable bonds is 14. The van der Waals surface area contributed by atoms with E-state index < -0.39 is 6.10 Å². The molecule has 0 aliphatic rings. The van der Waals surface area contributed by atoms with Crippen LogP contribution < -0.4 is 25.4 Å². The van der Waals surface area contributed by atoms with Crippen molar-refractivity contribution in [3.05, 3.63) is 24.3 Å². The summed E-state index contributed by atoms with van der Waals surface area (Å²) in [7, 11) is 1.56. The van der Waals surface area contributed by atoms with E-state index in [1.807, 2.05) is 12.1 Å². The summed E-state index contributed by atoms with van der Waals surface area (Å²) in [4.78, 5) is 11.0. The summed E-state index contributed by atoms with van der Waals surface area (Å²) in [6.45, 7) is 5.52. The molecule has 8 heteroatoms. The van der Waals surface area contributed by atoms with E-state index in [1.54, 1.807) is 19.2 Å². The van der Waals surface area contributed by atoms with Gasteiger partial charge in [0.05, 0.1) is 6.61 Å². The van der Waals surface area contributed by atoms with Crippen LogP contribution in [0.2, 0.25) is 0 Å². The predicted octanol–water partition coefficient (Wildman–Crippen LogP) is 0.750. The number of carbonyl (C=O) groups is 1. The van der Waals surface area contributed by atoms with Gasteiger partial charge in [0.1, 0.15) is 30.8 Å². The van der Waals surface area contributed by atoms with Crippen molar-refractivity contribution in [3.63, 3.8) is 0 Å². The first-order valence-corrected chi connectivity index (χ1v) is 8.93. The van der Waals surface area contributed by atoms with E-state index in [0.717, 1.165) is 18.8 Å². The molecule has 26 heavy (non-hydrogen) atoms. The summed E-state index contributed by atoms with van der Waals surface area (Å²) >= 11 is 0. The molecule has 0 aliphatic carbocycles. The molecule has 0 saturated carbocycles. The van der Waals surface area contributed by atoms with Gasteiger partial charge >= 0.3 is 6.03 Å². The summed E-state index contributed by atoms with van der Waals surface area (Å²) in [6, 6.07) is 7.02. The number of carbonyl (C=O) groups excluding carboxylic acids is 1. The van der Waals surface area contributed by atoms with Crippen LogP contribution in [0.3, 0.4) is 0 Å². The van der Waals surface area contributed by atoms with E-state index in [9.17, 15) is 9.90 Å². The molecule has 0 aliphatic heterocycles. The Morgan fingerprint density at radius 3 is 2.42 bits per heavy atom. The van der Waals surface area contributed by atoms with Crippen molar-refractivity contribution in [1.29, 1.82) is 0 Å². The van der Waals surface area contributed by atoms with Gasteiger partial charge in [-0.1, -0.05) is 6.92 Å². The van der Waals surface area contributed by atoms with Crippen molar-refractivity contribution in [1.82, 2.24) is 16.0 Å². The van der Waals surface area contributed by atoms with Gasteiger partial charge in [0.25, 0.3) is 0 Å². The van der Waals surface area contributed by atoms with Crippen LogP contribution in [0.4, 0.5) is 4.79 Å². The van der Waals surface area contributed by atoms with Gasteiger partial charge in [0, 0.05) is 33.3 Å². The average molecular weight is 369 g/mol. The fraction of sp³-hybridized carbons (Fsp3) is 0.611. The van der Waals surface area contributed by atoms with Crippen molar-refractivity contribution < 1.29 is 24.1 Å². The fourth-order valence-electron chi connectivity index (χ4n) is 1.97. The molecule has 1 aromatic carbocycles. The van der Waals surface area contributed by atoms with Crippen LogP contribution in [0.1, 0.15) is 13.3 Å². The van der Waals surface area contributed by atoms with Crippen molar-refractivity contribution in [3.8, 4) is 11.5 Å². The molecule has 0 spiro atoms. The molecule has 0 fully saturated rings. The minimum Gasteiger partial charge on any atom is -0.491 e. The maximum atomic E-state index is 11.0. The van der Waals surface area contributed by atoms with E-state index in [1.165, 1.54) is 0 Å². The highest BCUT2D eigenvalue weighted by Gasteiger charge is 2.05. The number of benzene rings is 1. The second-order valence-electron chi connectivity index (χ2n) is 5.61. The molecule has 4 N–H and O–H groups in total. The summed E-state index contributed by atoms with van der Waals surface area (Å²) < 4.78 is 16.5. The van der Waals surface area contributed by atoms with E-state index >= 15 is 0 Å². The molecule has 0 heterocycles. The number of nitrogens with one attached hydrogen (secondary N) is 3. The molecule has 148 valence electrons. The third-order valence-electron chi connectivity index (χ3n) is 3.31. The van der Waals surface area contributed by atoms with Crippen LogP contribution >= 0.6 is 0 Å². The van der Waals surface area contributed by atoms with Gasteiger partial charge in [0.2, 0.25) is 0 Å². The molecule has 0 bridgehead atoms. The summed E-state index contributed by atoms with van der Waals surface area (Å²) in [5, 5.41) is 18.0. The van der Waals surface area contributed by atoms with E-state index in [-0.39, 0.29) is 12.6 Å².